The highest BCUT2D eigenvalue weighted by Crippen LogP contribution is 2.29. The van der Waals surface area contributed by atoms with E-state index in [0.29, 0.717) is 18.4 Å². The molecule has 3 aromatic rings. The van der Waals surface area contributed by atoms with Gasteiger partial charge in [0.2, 0.25) is 5.88 Å². The highest BCUT2D eigenvalue weighted by molar-refractivity contribution is 7.18. The number of pyridine rings is 2. The summed E-state index contributed by atoms with van der Waals surface area (Å²) in [6, 6.07) is 8.39. The molecule has 29 heavy (non-hydrogen) atoms. The van der Waals surface area contributed by atoms with Gasteiger partial charge in [-0.1, -0.05) is 0 Å². The number of thiazole rings is 1. The van der Waals surface area contributed by atoms with E-state index < -0.39 is 0 Å². The quantitative estimate of drug-likeness (QED) is 0.591. The molecule has 1 aliphatic heterocycles. The molecule has 0 bridgehead atoms. The van der Waals surface area contributed by atoms with Gasteiger partial charge in [-0.05, 0) is 52.3 Å². The first-order valence-electron chi connectivity index (χ1n) is 10.2. The minimum Gasteiger partial charge on any atom is -0.493 e. The second-order valence-electron chi connectivity index (χ2n) is 7.77. The van der Waals surface area contributed by atoms with Crippen molar-refractivity contribution in [1.82, 2.24) is 19.9 Å². The topological polar surface area (TPSA) is 60.4 Å². The number of hydrogen-bond donors (Lipinski definition) is 0. The molecule has 2 atom stereocenters. The molecule has 154 valence electrons. The molecule has 0 spiro atoms. The van der Waals surface area contributed by atoms with Crippen LogP contribution in [0.15, 0.2) is 24.3 Å². The Balaban J connectivity index is 1.40. The lowest BCUT2D eigenvalue weighted by Crippen LogP contribution is -2.39. The van der Waals surface area contributed by atoms with Gasteiger partial charge < -0.3 is 9.47 Å². The Bertz CT molecular complexity index is 990. The van der Waals surface area contributed by atoms with Gasteiger partial charge in [0, 0.05) is 36.3 Å². The first-order chi connectivity index (χ1) is 14.0. The number of hydrogen-bond acceptors (Lipinski definition) is 7. The Morgan fingerprint density at radius 2 is 2.07 bits per heavy atom. The summed E-state index contributed by atoms with van der Waals surface area (Å²) in [7, 11) is 1.63. The van der Waals surface area contributed by atoms with Crippen molar-refractivity contribution in [2.45, 2.75) is 39.7 Å². The maximum Gasteiger partial charge on any atom is 0.216 e. The van der Waals surface area contributed by atoms with Crippen LogP contribution in [0.5, 0.6) is 11.6 Å². The smallest absolute Gasteiger partial charge is 0.216 e. The summed E-state index contributed by atoms with van der Waals surface area (Å²) in [5.41, 5.74) is 2.87. The molecule has 1 fully saturated rings. The lowest BCUT2D eigenvalue weighted by Gasteiger charge is -2.36. The predicted molar refractivity (Wildman–Crippen MR) is 116 cm³/mol. The molecule has 6 nitrogen and oxygen atoms in total. The fourth-order valence-electron chi connectivity index (χ4n) is 3.96. The second kappa shape index (κ2) is 8.63. The van der Waals surface area contributed by atoms with Crippen molar-refractivity contribution in [2.24, 2.45) is 5.92 Å². The van der Waals surface area contributed by atoms with Gasteiger partial charge in [-0.15, -0.1) is 11.3 Å². The van der Waals surface area contributed by atoms with Crippen molar-refractivity contribution in [3.8, 4) is 11.6 Å². The molecule has 7 heteroatoms. The summed E-state index contributed by atoms with van der Waals surface area (Å²) in [5.74, 6) is 1.92. The molecule has 0 N–H and O–H groups in total. The average molecular weight is 413 g/mol. The van der Waals surface area contributed by atoms with Crippen LogP contribution in [0.4, 0.5) is 0 Å². The molecule has 4 heterocycles. The van der Waals surface area contributed by atoms with Crippen LogP contribution in [-0.4, -0.2) is 46.7 Å². The van der Waals surface area contributed by atoms with E-state index in [1.807, 2.05) is 26.0 Å². The Morgan fingerprint density at radius 3 is 2.90 bits per heavy atom. The number of nitrogens with zero attached hydrogens (tertiary/aromatic N) is 4. The lowest BCUT2D eigenvalue weighted by atomic mass is 9.97. The number of aryl methyl sites for hydroxylation is 2. The molecule has 0 radical (unpaired) electrons. The number of fused-ring (bicyclic) bond motifs is 1. The highest BCUT2D eigenvalue weighted by Gasteiger charge is 2.26. The van der Waals surface area contributed by atoms with E-state index in [1.165, 1.54) is 12.8 Å². The maximum absolute atomic E-state index is 6.09. The second-order valence-corrected chi connectivity index (χ2v) is 9.00. The molecular formula is C22H28N4O2S. The predicted octanol–water partition coefficient (Wildman–Crippen LogP) is 4.56. The Kier molecular flexibility index (Phi) is 5.96. The molecule has 0 saturated carbocycles. The van der Waals surface area contributed by atoms with Gasteiger partial charge in [-0.25, -0.2) is 15.0 Å². The molecule has 1 aliphatic rings. The van der Waals surface area contributed by atoms with Gasteiger partial charge in [0.1, 0.15) is 5.75 Å². The van der Waals surface area contributed by atoms with Crippen LogP contribution in [-0.2, 0) is 0 Å². The minimum atomic E-state index is 0.271. The first kappa shape index (κ1) is 20.0. The molecule has 1 unspecified atom stereocenters. The number of methoxy groups -OCH3 is 1. The Labute approximate surface area is 175 Å². The van der Waals surface area contributed by atoms with E-state index in [1.54, 1.807) is 18.4 Å². The molecule has 1 saturated heterocycles. The third-order valence-electron chi connectivity index (χ3n) is 5.51. The van der Waals surface area contributed by atoms with E-state index >= 15 is 0 Å². The summed E-state index contributed by atoms with van der Waals surface area (Å²) in [4.78, 5) is 16.2. The van der Waals surface area contributed by atoms with Crippen molar-refractivity contribution in [3.63, 3.8) is 0 Å². The summed E-state index contributed by atoms with van der Waals surface area (Å²) in [5, 5.41) is 1.07. The molecular weight excluding hydrogens is 384 g/mol. The summed E-state index contributed by atoms with van der Waals surface area (Å²) in [6.07, 6.45) is 2.36. The van der Waals surface area contributed by atoms with Crippen LogP contribution in [0.3, 0.4) is 0 Å². The SMILES string of the molecule is COc1cc(OC[C@H]2CCCN(C(C)c3ccc4sc(C)nc4n3)C2)cc(C)n1. The number of aromatic nitrogens is 3. The summed E-state index contributed by atoms with van der Waals surface area (Å²) in [6.45, 7) is 9.03. The maximum atomic E-state index is 6.09. The van der Waals surface area contributed by atoms with Crippen LogP contribution >= 0.6 is 11.3 Å². The van der Waals surface area contributed by atoms with E-state index in [2.05, 4.69) is 33.9 Å². The van der Waals surface area contributed by atoms with Crippen molar-refractivity contribution in [1.29, 1.82) is 0 Å². The zero-order chi connectivity index (χ0) is 20.4. The standard InChI is InChI=1S/C22H28N4O2S/c1-14-10-18(11-21(23-14)27-4)28-13-17-6-5-9-26(12-17)15(2)19-7-8-20-22(25-19)24-16(3)29-20/h7-8,10-11,15,17H,5-6,9,12-13H2,1-4H3/t15?,17-/m0/s1. The van der Waals surface area contributed by atoms with Gasteiger partial charge in [0.25, 0.3) is 0 Å². The van der Waals surface area contributed by atoms with E-state index in [0.717, 1.165) is 45.6 Å². The summed E-state index contributed by atoms with van der Waals surface area (Å²) < 4.78 is 12.5. The summed E-state index contributed by atoms with van der Waals surface area (Å²) >= 11 is 1.70. The van der Waals surface area contributed by atoms with Gasteiger partial charge in [-0.2, -0.15) is 0 Å². The van der Waals surface area contributed by atoms with Crippen LogP contribution in [0.2, 0.25) is 0 Å². The van der Waals surface area contributed by atoms with Gasteiger partial charge in [0.15, 0.2) is 5.65 Å². The zero-order valence-corrected chi connectivity index (χ0v) is 18.3. The first-order valence-corrected chi connectivity index (χ1v) is 11.0. The van der Waals surface area contributed by atoms with E-state index in [9.17, 15) is 0 Å². The van der Waals surface area contributed by atoms with Gasteiger partial charge in [-0.3, -0.25) is 4.90 Å². The Hall–Kier alpha value is -2.25. The number of rotatable bonds is 6. The Morgan fingerprint density at radius 1 is 1.21 bits per heavy atom. The van der Waals surface area contributed by atoms with Crippen LogP contribution in [0.1, 0.15) is 42.2 Å². The monoisotopic (exact) mass is 412 g/mol. The van der Waals surface area contributed by atoms with Gasteiger partial charge in [0.05, 0.1) is 29.1 Å². The molecule has 0 aliphatic carbocycles. The minimum absolute atomic E-state index is 0.271. The van der Waals surface area contributed by atoms with Crippen LogP contribution in [0.25, 0.3) is 10.3 Å². The third-order valence-corrected chi connectivity index (χ3v) is 6.43. The fraction of sp³-hybridized carbons (Fsp3) is 0.500. The average Bonchev–Trinajstić information content (AvgIpc) is 3.10. The third kappa shape index (κ3) is 4.67. The van der Waals surface area contributed by atoms with Crippen molar-refractivity contribution < 1.29 is 9.47 Å². The number of likely N-dealkylation sites (tertiary alicyclic amines) is 1. The largest absolute Gasteiger partial charge is 0.493 e. The molecule has 4 rings (SSSR count). The highest BCUT2D eigenvalue weighted by atomic mass is 32.1. The van der Waals surface area contributed by atoms with Crippen LogP contribution < -0.4 is 9.47 Å². The normalized spacial score (nSPS) is 18.7. The molecule has 0 amide bonds. The molecule has 3 aromatic heterocycles. The van der Waals surface area contributed by atoms with Crippen molar-refractivity contribution in [3.05, 3.63) is 40.7 Å². The molecule has 0 aromatic carbocycles. The number of ether oxygens (including phenoxy) is 2. The lowest BCUT2D eigenvalue weighted by molar-refractivity contribution is 0.0992. The van der Waals surface area contributed by atoms with Crippen LogP contribution in [0, 0.1) is 19.8 Å². The van der Waals surface area contributed by atoms with E-state index in [-0.39, 0.29) is 6.04 Å². The number of piperidine rings is 1. The fourth-order valence-corrected chi connectivity index (χ4v) is 4.72. The van der Waals surface area contributed by atoms with Gasteiger partial charge >= 0.3 is 0 Å². The van der Waals surface area contributed by atoms with Crippen molar-refractivity contribution in [2.75, 3.05) is 26.8 Å². The zero-order valence-electron chi connectivity index (χ0n) is 17.5. The van der Waals surface area contributed by atoms with Crippen molar-refractivity contribution >= 4 is 21.7 Å². The van der Waals surface area contributed by atoms with E-state index in [4.69, 9.17) is 14.5 Å².